The summed E-state index contributed by atoms with van der Waals surface area (Å²) in [6, 6.07) is 23.7. The highest BCUT2D eigenvalue weighted by molar-refractivity contribution is 7.91. The number of hydrogen-bond donors (Lipinski definition) is 0. The lowest BCUT2D eigenvalue weighted by molar-refractivity contribution is 0.600. The van der Waals surface area contributed by atoms with E-state index in [2.05, 4.69) is 0 Å². The molecule has 0 bridgehead atoms. The van der Waals surface area contributed by atoms with Crippen molar-refractivity contribution in [2.75, 3.05) is 12.5 Å². The summed E-state index contributed by atoms with van der Waals surface area (Å²) in [5.74, 6) is 0. The van der Waals surface area contributed by atoms with Crippen LogP contribution in [-0.4, -0.2) is 29.3 Å². The maximum absolute atomic E-state index is 11.7. The lowest BCUT2D eigenvalue weighted by Crippen LogP contribution is -2.21. The molecule has 3 aromatic rings. The quantitative estimate of drug-likeness (QED) is 0.596. The zero-order valence-electron chi connectivity index (χ0n) is 14.9. The Kier molecular flexibility index (Phi) is 5.52. The highest BCUT2D eigenvalue weighted by atomic mass is 32.2. The van der Waals surface area contributed by atoms with Gasteiger partial charge in [-0.05, 0) is 48.1 Å². The summed E-state index contributed by atoms with van der Waals surface area (Å²) in [5.41, 5.74) is 0. The molecule has 0 aliphatic rings. The topological polar surface area (TPSA) is 68.3 Å². The van der Waals surface area contributed by atoms with Crippen LogP contribution in [0.15, 0.2) is 88.7 Å². The molecule has 0 aliphatic carbocycles. The van der Waals surface area contributed by atoms with Crippen LogP contribution in [0.5, 0.6) is 0 Å². The first kappa shape index (κ1) is 19.7. The molecular weight excluding hydrogens is 399 g/mol. The maximum atomic E-state index is 11.7. The summed E-state index contributed by atoms with van der Waals surface area (Å²) in [7, 11) is -7.44. The van der Waals surface area contributed by atoms with E-state index in [1.54, 1.807) is 24.3 Å². The van der Waals surface area contributed by atoms with E-state index in [1.165, 1.54) is 12.5 Å². The second-order valence-corrected chi connectivity index (χ2v) is 12.5. The molecule has 0 aliphatic heterocycles. The van der Waals surface area contributed by atoms with E-state index in [0.717, 1.165) is 15.9 Å². The predicted octanol–water partition coefficient (Wildman–Crippen LogP) is 2.25. The zero-order chi connectivity index (χ0) is 19.7. The van der Waals surface area contributed by atoms with E-state index in [4.69, 9.17) is 0 Å². The van der Waals surface area contributed by atoms with Crippen molar-refractivity contribution in [2.45, 2.75) is 9.79 Å². The van der Waals surface area contributed by atoms with Crippen molar-refractivity contribution < 1.29 is 16.8 Å². The van der Waals surface area contributed by atoms with Gasteiger partial charge in [-0.25, -0.2) is 16.8 Å². The van der Waals surface area contributed by atoms with Crippen LogP contribution in [0.3, 0.4) is 0 Å². The van der Waals surface area contributed by atoms with E-state index in [0.29, 0.717) is 0 Å². The fourth-order valence-electron chi connectivity index (χ4n) is 2.71. The highest BCUT2D eigenvalue weighted by Gasteiger charge is 2.18. The number of hydrogen-bond acceptors (Lipinski definition) is 4. The van der Waals surface area contributed by atoms with Gasteiger partial charge in [0.2, 0.25) is 0 Å². The Bertz CT molecular complexity index is 1060. The molecule has 4 nitrogen and oxygen atoms in total. The van der Waals surface area contributed by atoms with Crippen LogP contribution in [0.25, 0.3) is 0 Å². The molecule has 7 heteroatoms. The van der Waals surface area contributed by atoms with E-state index in [-0.39, 0.29) is 9.79 Å². The van der Waals surface area contributed by atoms with E-state index in [9.17, 15) is 16.8 Å². The van der Waals surface area contributed by atoms with Crippen LogP contribution in [0.2, 0.25) is 0 Å². The fourth-order valence-corrected chi connectivity index (χ4v) is 6.23. The average molecular weight is 418 g/mol. The first-order valence-electron chi connectivity index (χ1n) is 8.12. The van der Waals surface area contributed by atoms with E-state index < -0.39 is 27.6 Å². The minimum Gasteiger partial charge on any atom is -0.224 e. The van der Waals surface area contributed by atoms with E-state index >= 15 is 0 Å². The van der Waals surface area contributed by atoms with Crippen molar-refractivity contribution in [3.63, 3.8) is 0 Å². The largest absolute Gasteiger partial charge is 0.224 e. The summed E-state index contributed by atoms with van der Waals surface area (Å²) >= 11 is 0. The normalized spacial score (nSPS) is 12.3. The van der Waals surface area contributed by atoms with Crippen molar-refractivity contribution in [3.05, 3.63) is 78.9 Å². The van der Waals surface area contributed by atoms with Gasteiger partial charge in [0.1, 0.15) is 0 Å². The molecule has 0 spiro atoms. The summed E-state index contributed by atoms with van der Waals surface area (Å²) < 4.78 is 46.9. The van der Waals surface area contributed by atoms with E-state index in [1.807, 2.05) is 54.6 Å². The molecule has 0 heterocycles. The molecule has 0 amide bonds. The van der Waals surface area contributed by atoms with Gasteiger partial charge in [-0.1, -0.05) is 54.6 Å². The Morgan fingerprint density at radius 1 is 0.519 bits per heavy atom. The maximum Gasteiger partial charge on any atom is 0.175 e. The second-order valence-electron chi connectivity index (χ2n) is 6.20. The van der Waals surface area contributed by atoms with Gasteiger partial charge in [-0.15, -0.1) is 0 Å². The van der Waals surface area contributed by atoms with Gasteiger partial charge >= 0.3 is 0 Å². The van der Waals surface area contributed by atoms with Crippen LogP contribution in [0.4, 0.5) is 0 Å². The monoisotopic (exact) mass is 418 g/mol. The Morgan fingerprint density at radius 2 is 0.852 bits per heavy atom. The van der Waals surface area contributed by atoms with Gasteiger partial charge in [0, 0.05) is 12.5 Å². The van der Waals surface area contributed by atoms with Crippen molar-refractivity contribution in [2.24, 2.45) is 0 Å². The molecule has 0 aromatic heterocycles. The third kappa shape index (κ3) is 4.64. The average Bonchev–Trinajstić information content (AvgIpc) is 2.62. The van der Waals surface area contributed by atoms with Crippen molar-refractivity contribution in [1.29, 1.82) is 0 Å². The van der Waals surface area contributed by atoms with Gasteiger partial charge in [0.05, 0.1) is 9.79 Å². The molecule has 0 saturated carbocycles. The highest BCUT2D eigenvalue weighted by Crippen LogP contribution is 2.33. The third-order valence-corrected chi connectivity index (χ3v) is 8.76. The van der Waals surface area contributed by atoms with Crippen LogP contribution >= 0.6 is 7.92 Å². The van der Waals surface area contributed by atoms with Crippen LogP contribution in [0.1, 0.15) is 0 Å². The van der Waals surface area contributed by atoms with Crippen LogP contribution in [0, 0.1) is 0 Å². The van der Waals surface area contributed by atoms with Crippen molar-refractivity contribution in [1.82, 2.24) is 0 Å². The Hall–Kier alpha value is -2.01. The first-order valence-corrected chi connectivity index (χ1v) is 13.2. The molecule has 140 valence electrons. The molecule has 3 aromatic carbocycles. The lowest BCUT2D eigenvalue weighted by Gasteiger charge is -2.19. The SMILES string of the molecule is CS(=O)(=O)c1ccc(P(c2ccccc2)c2ccc(S(C)(=O)=O)cc2)cc1. The molecular formula is C20H19O4PS2. The number of rotatable bonds is 5. The molecule has 27 heavy (non-hydrogen) atoms. The van der Waals surface area contributed by atoms with Gasteiger partial charge in [-0.3, -0.25) is 0 Å². The third-order valence-electron chi connectivity index (χ3n) is 4.06. The molecule has 0 atom stereocenters. The van der Waals surface area contributed by atoms with Crippen molar-refractivity contribution in [3.8, 4) is 0 Å². The zero-order valence-corrected chi connectivity index (χ0v) is 17.4. The minimum absolute atomic E-state index is 0.279. The molecule has 0 fully saturated rings. The van der Waals surface area contributed by atoms with Gasteiger partial charge in [0.15, 0.2) is 19.7 Å². The summed E-state index contributed by atoms with van der Waals surface area (Å²) in [6.45, 7) is 0. The van der Waals surface area contributed by atoms with Gasteiger partial charge in [0.25, 0.3) is 0 Å². The molecule has 0 unspecified atom stereocenters. The first-order chi connectivity index (χ1) is 12.7. The predicted molar refractivity (Wildman–Crippen MR) is 111 cm³/mol. The Labute approximate surface area is 161 Å². The molecule has 3 rings (SSSR count). The summed E-state index contributed by atoms with van der Waals surface area (Å²) in [5, 5.41) is 3.10. The summed E-state index contributed by atoms with van der Waals surface area (Å²) in [6.07, 6.45) is 2.37. The Balaban J connectivity index is 2.10. The lowest BCUT2D eigenvalue weighted by atomic mass is 10.3. The molecule has 0 radical (unpaired) electrons. The molecule has 0 saturated heterocycles. The summed E-state index contributed by atoms with van der Waals surface area (Å²) in [4.78, 5) is 0.559. The molecule has 0 N–H and O–H groups in total. The van der Waals surface area contributed by atoms with Gasteiger partial charge in [-0.2, -0.15) is 0 Å². The number of benzene rings is 3. The van der Waals surface area contributed by atoms with Crippen molar-refractivity contribution >= 4 is 43.5 Å². The minimum atomic E-state index is -3.26. The number of sulfone groups is 2. The smallest absolute Gasteiger partial charge is 0.175 e. The van der Waals surface area contributed by atoms with Gasteiger partial charge < -0.3 is 0 Å². The standard InChI is InChI=1S/C20H19O4PS2/c1-26(21,22)19-12-8-17(9-13-19)25(16-6-4-3-5-7-16)18-10-14-20(15-11-18)27(2,23)24/h3-15H,1-2H3. The van der Waals surface area contributed by atoms with Crippen LogP contribution < -0.4 is 15.9 Å². The second kappa shape index (κ2) is 7.55. The Morgan fingerprint density at radius 3 is 1.19 bits per heavy atom. The van der Waals surface area contributed by atoms with Crippen LogP contribution in [-0.2, 0) is 19.7 Å². The fraction of sp³-hybridized carbons (Fsp3) is 0.100.